The molecule has 2 aliphatic rings. The number of nitrogens with zero attached hydrogens (tertiary/aromatic N) is 2. The van der Waals surface area contributed by atoms with E-state index in [1.54, 1.807) is 0 Å². The van der Waals surface area contributed by atoms with Crippen molar-refractivity contribution in [1.82, 2.24) is 15.1 Å². The van der Waals surface area contributed by atoms with Crippen LogP contribution in [0.25, 0.3) is 0 Å². The van der Waals surface area contributed by atoms with Gasteiger partial charge < -0.3 is 9.80 Å². The summed E-state index contributed by atoms with van der Waals surface area (Å²) >= 11 is 0. The first-order chi connectivity index (χ1) is 7.09. The number of hydrogen-bond acceptors (Lipinski definition) is 3. The molecular formula is C11H21N3O. The highest BCUT2D eigenvalue weighted by atomic mass is 16.2. The molecule has 0 bridgehead atoms. The minimum Gasteiger partial charge on any atom is -0.323 e. The van der Waals surface area contributed by atoms with Crippen LogP contribution in [0.2, 0.25) is 0 Å². The zero-order valence-corrected chi connectivity index (χ0v) is 9.86. The van der Waals surface area contributed by atoms with Gasteiger partial charge in [-0.25, -0.2) is 0 Å². The van der Waals surface area contributed by atoms with Gasteiger partial charge >= 0.3 is 0 Å². The number of piperidine rings is 1. The maximum atomic E-state index is 11.7. The van der Waals surface area contributed by atoms with E-state index in [-0.39, 0.29) is 12.1 Å². The molecule has 3 atom stereocenters. The molecule has 3 unspecified atom stereocenters. The predicted octanol–water partition coefficient (Wildman–Crippen LogP) is 0.247. The summed E-state index contributed by atoms with van der Waals surface area (Å²) in [6.45, 7) is 5.93. The van der Waals surface area contributed by atoms with Gasteiger partial charge in [0.15, 0.2) is 0 Å². The summed E-state index contributed by atoms with van der Waals surface area (Å²) in [7, 11) is 2.16. The number of amides is 1. The molecule has 1 amide bonds. The molecule has 0 saturated carbocycles. The van der Waals surface area contributed by atoms with Crippen LogP contribution in [0.1, 0.15) is 26.7 Å². The van der Waals surface area contributed by atoms with Crippen LogP contribution in [0.5, 0.6) is 0 Å². The Balaban J connectivity index is 2.02. The maximum Gasteiger partial charge on any atom is 0.238 e. The molecule has 0 spiro atoms. The number of likely N-dealkylation sites (tertiary alicyclic amines) is 1. The van der Waals surface area contributed by atoms with Crippen LogP contribution in [0.4, 0.5) is 0 Å². The zero-order valence-electron chi connectivity index (χ0n) is 9.86. The monoisotopic (exact) mass is 211 g/mol. The third-order valence-corrected chi connectivity index (χ3v) is 3.83. The lowest BCUT2D eigenvalue weighted by molar-refractivity contribution is -0.131. The highest BCUT2D eigenvalue weighted by Crippen LogP contribution is 2.23. The van der Waals surface area contributed by atoms with Gasteiger partial charge in [-0.15, -0.1) is 0 Å². The third kappa shape index (κ3) is 2.01. The van der Waals surface area contributed by atoms with Crippen molar-refractivity contribution in [3.8, 4) is 0 Å². The molecule has 15 heavy (non-hydrogen) atoms. The molecular weight excluding hydrogens is 190 g/mol. The van der Waals surface area contributed by atoms with E-state index in [9.17, 15) is 4.79 Å². The largest absolute Gasteiger partial charge is 0.323 e. The normalized spacial score (nSPS) is 38.7. The fourth-order valence-corrected chi connectivity index (χ4v) is 2.68. The summed E-state index contributed by atoms with van der Waals surface area (Å²) in [5.74, 6) is 0.268. The summed E-state index contributed by atoms with van der Waals surface area (Å²) in [5, 5.41) is 3.21. The Kier molecular flexibility index (Phi) is 2.98. The predicted molar refractivity (Wildman–Crippen MR) is 59.4 cm³/mol. The van der Waals surface area contributed by atoms with Gasteiger partial charge in [0.25, 0.3) is 0 Å². The van der Waals surface area contributed by atoms with E-state index in [0.29, 0.717) is 18.6 Å². The van der Waals surface area contributed by atoms with Crippen LogP contribution < -0.4 is 5.32 Å². The van der Waals surface area contributed by atoms with Crippen molar-refractivity contribution >= 4 is 5.91 Å². The number of carbonyl (C=O) groups is 1. The average Bonchev–Trinajstić information content (AvgIpc) is 2.52. The van der Waals surface area contributed by atoms with E-state index in [1.807, 2.05) is 4.90 Å². The third-order valence-electron chi connectivity index (χ3n) is 3.83. The molecule has 2 saturated heterocycles. The van der Waals surface area contributed by atoms with Gasteiger partial charge in [-0.2, -0.15) is 0 Å². The van der Waals surface area contributed by atoms with Crippen LogP contribution in [0.3, 0.4) is 0 Å². The van der Waals surface area contributed by atoms with Crippen molar-refractivity contribution < 1.29 is 4.79 Å². The molecule has 2 fully saturated rings. The Morgan fingerprint density at radius 3 is 2.67 bits per heavy atom. The highest BCUT2D eigenvalue weighted by Gasteiger charge is 2.36. The van der Waals surface area contributed by atoms with E-state index in [2.05, 4.69) is 31.1 Å². The van der Waals surface area contributed by atoms with E-state index in [4.69, 9.17) is 0 Å². The van der Waals surface area contributed by atoms with Gasteiger partial charge in [-0.1, -0.05) is 0 Å². The molecule has 4 nitrogen and oxygen atoms in total. The molecule has 0 radical (unpaired) electrons. The molecule has 2 rings (SSSR count). The fourth-order valence-electron chi connectivity index (χ4n) is 2.68. The Labute approximate surface area is 91.6 Å². The summed E-state index contributed by atoms with van der Waals surface area (Å²) in [5.41, 5.74) is 0. The molecule has 0 aliphatic carbocycles. The molecule has 2 heterocycles. The molecule has 0 aromatic carbocycles. The summed E-state index contributed by atoms with van der Waals surface area (Å²) in [6.07, 6.45) is 2.44. The Bertz CT molecular complexity index is 256. The number of carbonyl (C=O) groups excluding carboxylic acids is 1. The number of hydrogen-bond donors (Lipinski definition) is 1. The van der Waals surface area contributed by atoms with Gasteiger partial charge in [0.1, 0.15) is 0 Å². The SMILES string of the molecule is CC1CC(N2C(=O)CNC2C)CCN1C. The van der Waals surface area contributed by atoms with Crippen molar-refractivity contribution in [2.45, 2.75) is 44.9 Å². The van der Waals surface area contributed by atoms with Crippen molar-refractivity contribution in [2.75, 3.05) is 20.1 Å². The molecule has 86 valence electrons. The minimum absolute atomic E-state index is 0.220. The van der Waals surface area contributed by atoms with Crippen molar-refractivity contribution in [1.29, 1.82) is 0 Å². The van der Waals surface area contributed by atoms with Crippen LogP contribution in [-0.4, -0.2) is 54.1 Å². The van der Waals surface area contributed by atoms with Gasteiger partial charge in [-0.3, -0.25) is 10.1 Å². The topological polar surface area (TPSA) is 35.6 Å². The minimum atomic E-state index is 0.220. The Morgan fingerprint density at radius 1 is 1.40 bits per heavy atom. The van der Waals surface area contributed by atoms with E-state index < -0.39 is 0 Å². The van der Waals surface area contributed by atoms with Crippen molar-refractivity contribution in [3.63, 3.8) is 0 Å². The lowest BCUT2D eigenvalue weighted by Crippen LogP contribution is -2.50. The van der Waals surface area contributed by atoms with E-state index >= 15 is 0 Å². The average molecular weight is 211 g/mol. The standard InChI is InChI=1S/C11H21N3O/c1-8-6-10(4-5-13(8)3)14-9(2)12-7-11(14)15/h8-10,12H,4-7H2,1-3H3. The second kappa shape index (κ2) is 4.10. The molecule has 4 heteroatoms. The smallest absolute Gasteiger partial charge is 0.238 e. The van der Waals surface area contributed by atoms with Crippen molar-refractivity contribution in [2.24, 2.45) is 0 Å². The van der Waals surface area contributed by atoms with Crippen LogP contribution >= 0.6 is 0 Å². The highest BCUT2D eigenvalue weighted by molar-refractivity contribution is 5.80. The van der Waals surface area contributed by atoms with Crippen LogP contribution in [0.15, 0.2) is 0 Å². The molecule has 0 aromatic heterocycles. The van der Waals surface area contributed by atoms with Crippen LogP contribution in [0, 0.1) is 0 Å². The van der Waals surface area contributed by atoms with Gasteiger partial charge in [0.05, 0.1) is 12.7 Å². The van der Waals surface area contributed by atoms with Crippen LogP contribution in [-0.2, 0) is 4.79 Å². The molecule has 0 aromatic rings. The number of nitrogens with one attached hydrogen (secondary N) is 1. The first kappa shape index (κ1) is 10.9. The van der Waals surface area contributed by atoms with E-state index in [1.165, 1.54) is 0 Å². The van der Waals surface area contributed by atoms with Gasteiger partial charge in [-0.05, 0) is 33.7 Å². The number of rotatable bonds is 1. The summed E-state index contributed by atoms with van der Waals surface area (Å²) < 4.78 is 0. The maximum absolute atomic E-state index is 11.7. The second-order valence-corrected chi connectivity index (χ2v) is 4.87. The fraction of sp³-hybridized carbons (Fsp3) is 0.909. The lowest BCUT2D eigenvalue weighted by atomic mass is 9.97. The van der Waals surface area contributed by atoms with Gasteiger partial charge in [0, 0.05) is 18.6 Å². The van der Waals surface area contributed by atoms with Gasteiger partial charge in [0.2, 0.25) is 5.91 Å². The van der Waals surface area contributed by atoms with E-state index in [0.717, 1.165) is 19.4 Å². The molecule has 2 aliphatic heterocycles. The molecule has 1 N–H and O–H groups in total. The summed E-state index contributed by atoms with van der Waals surface area (Å²) in [6, 6.07) is 1.03. The quantitative estimate of drug-likeness (QED) is 0.675. The van der Waals surface area contributed by atoms with Crippen molar-refractivity contribution in [3.05, 3.63) is 0 Å². The Morgan fingerprint density at radius 2 is 2.13 bits per heavy atom. The first-order valence-electron chi connectivity index (χ1n) is 5.84. The lowest BCUT2D eigenvalue weighted by Gasteiger charge is -2.40. The summed E-state index contributed by atoms with van der Waals surface area (Å²) in [4.78, 5) is 16.1. The zero-order chi connectivity index (χ0) is 11.0. The second-order valence-electron chi connectivity index (χ2n) is 4.87. The first-order valence-corrected chi connectivity index (χ1v) is 5.84. The Hall–Kier alpha value is -0.610.